The summed E-state index contributed by atoms with van der Waals surface area (Å²) in [4.78, 5) is 0. The molecule has 0 saturated heterocycles. The molecule has 2 aliphatic carbocycles. The van der Waals surface area contributed by atoms with Crippen LogP contribution in [0.3, 0.4) is 0 Å². The molecule has 1 aromatic rings. The van der Waals surface area contributed by atoms with Crippen LogP contribution in [0.25, 0.3) is 0 Å². The second-order valence-electron chi connectivity index (χ2n) is 5.52. The van der Waals surface area contributed by atoms with Gasteiger partial charge in [-0.2, -0.15) is 0 Å². The molecule has 20 heavy (non-hydrogen) atoms. The van der Waals surface area contributed by atoms with E-state index in [-0.39, 0.29) is 11.7 Å². The minimum atomic E-state index is -0.599. The summed E-state index contributed by atoms with van der Waals surface area (Å²) < 4.78 is 10.4. The van der Waals surface area contributed by atoms with Gasteiger partial charge in [0, 0.05) is 5.56 Å². The van der Waals surface area contributed by atoms with E-state index in [0.717, 1.165) is 24.0 Å². The molecular weight excluding hydrogens is 256 g/mol. The van der Waals surface area contributed by atoms with E-state index in [1.807, 2.05) is 18.2 Å². The van der Waals surface area contributed by atoms with Crippen molar-refractivity contribution in [2.45, 2.75) is 31.3 Å². The van der Waals surface area contributed by atoms with E-state index < -0.39 is 6.10 Å². The van der Waals surface area contributed by atoms with E-state index >= 15 is 0 Å². The highest BCUT2D eigenvalue weighted by Gasteiger charge is 2.37. The number of phenolic OH excluding ortho intramolecular Hbond substituents is 1. The quantitative estimate of drug-likeness (QED) is 0.870. The zero-order chi connectivity index (χ0) is 14.3. The molecule has 4 nitrogen and oxygen atoms in total. The number of benzene rings is 1. The predicted octanol–water partition coefficient (Wildman–Crippen LogP) is 2.34. The molecule has 2 N–H and O–H groups in total. The Morgan fingerprint density at radius 2 is 2.00 bits per heavy atom. The Labute approximate surface area is 118 Å². The lowest BCUT2D eigenvalue weighted by atomic mass is 9.69. The Bertz CT molecular complexity index is 550. The zero-order valence-electron chi connectivity index (χ0n) is 11.8. The van der Waals surface area contributed by atoms with Crippen molar-refractivity contribution < 1.29 is 19.7 Å². The largest absolute Gasteiger partial charge is 0.504 e. The van der Waals surface area contributed by atoms with Crippen molar-refractivity contribution in [3.8, 4) is 11.5 Å². The SMILES string of the molecule is COC1=CC2CCc3ccc(OC)c(O)c3C2CC1O. The van der Waals surface area contributed by atoms with Crippen molar-refractivity contribution in [1.29, 1.82) is 0 Å². The van der Waals surface area contributed by atoms with Crippen molar-refractivity contribution in [1.82, 2.24) is 0 Å². The van der Waals surface area contributed by atoms with Gasteiger partial charge in [-0.1, -0.05) is 6.07 Å². The molecule has 2 aliphatic rings. The van der Waals surface area contributed by atoms with Crippen molar-refractivity contribution in [2.75, 3.05) is 14.2 Å². The summed E-state index contributed by atoms with van der Waals surface area (Å²) in [6.07, 6.45) is 3.94. The van der Waals surface area contributed by atoms with Crippen LogP contribution in [0.15, 0.2) is 24.0 Å². The molecule has 3 atom stereocenters. The molecule has 0 aromatic heterocycles. The van der Waals surface area contributed by atoms with Gasteiger partial charge >= 0.3 is 0 Å². The summed E-state index contributed by atoms with van der Waals surface area (Å²) >= 11 is 0. The number of aliphatic hydroxyl groups excluding tert-OH is 1. The van der Waals surface area contributed by atoms with Gasteiger partial charge in [0.05, 0.1) is 14.2 Å². The Morgan fingerprint density at radius 1 is 1.20 bits per heavy atom. The number of aryl methyl sites for hydroxylation is 1. The van der Waals surface area contributed by atoms with Crippen LogP contribution in [-0.4, -0.2) is 30.5 Å². The molecular formula is C16H20O4. The van der Waals surface area contributed by atoms with Crippen LogP contribution in [0, 0.1) is 5.92 Å². The molecule has 0 saturated carbocycles. The Morgan fingerprint density at radius 3 is 2.70 bits per heavy atom. The molecule has 0 bridgehead atoms. The number of methoxy groups -OCH3 is 2. The lowest BCUT2D eigenvalue weighted by molar-refractivity contribution is 0.0928. The van der Waals surface area contributed by atoms with Crippen LogP contribution in [0.1, 0.15) is 29.9 Å². The number of aromatic hydroxyl groups is 1. The van der Waals surface area contributed by atoms with Gasteiger partial charge in [0.25, 0.3) is 0 Å². The topological polar surface area (TPSA) is 58.9 Å². The average Bonchev–Trinajstić information content (AvgIpc) is 2.46. The van der Waals surface area contributed by atoms with Gasteiger partial charge in [-0.15, -0.1) is 0 Å². The predicted molar refractivity (Wildman–Crippen MR) is 74.9 cm³/mol. The smallest absolute Gasteiger partial charge is 0.161 e. The van der Waals surface area contributed by atoms with Crippen LogP contribution >= 0.6 is 0 Å². The molecule has 0 amide bonds. The maximum atomic E-state index is 10.4. The minimum Gasteiger partial charge on any atom is -0.504 e. The van der Waals surface area contributed by atoms with Crippen LogP contribution in [0.4, 0.5) is 0 Å². The molecule has 3 unspecified atom stereocenters. The summed E-state index contributed by atoms with van der Waals surface area (Å²) in [5.41, 5.74) is 2.09. The maximum absolute atomic E-state index is 10.4. The average molecular weight is 276 g/mol. The lowest BCUT2D eigenvalue weighted by Gasteiger charge is -2.37. The number of hydrogen-bond acceptors (Lipinski definition) is 4. The second kappa shape index (κ2) is 5.02. The van der Waals surface area contributed by atoms with Crippen molar-refractivity contribution >= 4 is 0 Å². The summed E-state index contributed by atoms with van der Waals surface area (Å²) in [6.45, 7) is 0. The fourth-order valence-electron chi connectivity index (χ4n) is 3.54. The van der Waals surface area contributed by atoms with Crippen molar-refractivity contribution in [2.24, 2.45) is 5.92 Å². The van der Waals surface area contributed by atoms with Gasteiger partial charge < -0.3 is 19.7 Å². The first kappa shape index (κ1) is 13.3. The fourth-order valence-corrected chi connectivity index (χ4v) is 3.54. The first-order valence-corrected chi connectivity index (χ1v) is 6.98. The van der Waals surface area contributed by atoms with E-state index in [0.29, 0.717) is 23.8 Å². The number of rotatable bonds is 2. The molecule has 4 heteroatoms. The second-order valence-corrected chi connectivity index (χ2v) is 5.52. The number of phenols is 1. The first-order valence-electron chi connectivity index (χ1n) is 6.98. The fraction of sp³-hybridized carbons (Fsp3) is 0.500. The monoisotopic (exact) mass is 276 g/mol. The van der Waals surface area contributed by atoms with Crippen LogP contribution in [-0.2, 0) is 11.2 Å². The summed E-state index contributed by atoms with van der Waals surface area (Å²) in [5.74, 6) is 1.81. The highest BCUT2D eigenvalue weighted by molar-refractivity contribution is 5.53. The molecule has 0 heterocycles. The highest BCUT2D eigenvalue weighted by atomic mass is 16.5. The number of allylic oxidation sites excluding steroid dienone is 1. The van der Waals surface area contributed by atoms with E-state index in [1.165, 1.54) is 0 Å². The molecule has 0 aliphatic heterocycles. The van der Waals surface area contributed by atoms with Gasteiger partial charge in [0.1, 0.15) is 11.9 Å². The Balaban J connectivity index is 2.06. The third-order valence-corrected chi connectivity index (χ3v) is 4.54. The Hall–Kier alpha value is -1.68. The van der Waals surface area contributed by atoms with Gasteiger partial charge in [-0.25, -0.2) is 0 Å². The summed E-state index contributed by atoms with van der Waals surface area (Å²) in [6, 6.07) is 3.83. The van der Waals surface area contributed by atoms with E-state index in [1.54, 1.807) is 14.2 Å². The van der Waals surface area contributed by atoms with Crippen LogP contribution < -0.4 is 4.74 Å². The molecule has 0 radical (unpaired) electrons. The molecule has 3 rings (SSSR count). The normalized spacial score (nSPS) is 28.1. The van der Waals surface area contributed by atoms with Gasteiger partial charge in [-0.05, 0) is 48.8 Å². The number of ether oxygens (including phenoxy) is 2. The van der Waals surface area contributed by atoms with E-state index in [2.05, 4.69) is 0 Å². The first-order chi connectivity index (χ1) is 9.65. The number of aliphatic hydroxyl groups is 1. The van der Waals surface area contributed by atoms with E-state index in [9.17, 15) is 10.2 Å². The zero-order valence-corrected chi connectivity index (χ0v) is 11.8. The number of fused-ring (bicyclic) bond motifs is 3. The molecule has 0 spiro atoms. The highest BCUT2D eigenvalue weighted by Crippen LogP contribution is 2.49. The van der Waals surface area contributed by atoms with Crippen LogP contribution in [0.2, 0.25) is 0 Å². The van der Waals surface area contributed by atoms with E-state index in [4.69, 9.17) is 9.47 Å². The van der Waals surface area contributed by atoms with Gasteiger partial charge in [0.15, 0.2) is 11.5 Å². The minimum absolute atomic E-state index is 0.128. The summed E-state index contributed by atoms with van der Waals surface area (Å²) in [7, 11) is 3.15. The Kier molecular flexibility index (Phi) is 3.34. The molecule has 0 fully saturated rings. The third kappa shape index (κ3) is 1.95. The summed E-state index contributed by atoms with van der Waals surface area (Å²) in [5, 5.41) is 20.6. The van der Waals surface area contributed by atoms with Crippen molar-refractivity contribution in [3.05, 3.63) is 35.1 Å². The van der Waals surface area contributed by atoms with Gasteiger partial charge in [0.2, 0.25) is 0 Å². The van der Waals surface area contributed by atoms with Crippen molar-refractivity contribution in [3.63, 3.8) is 0 Å². The molecule has 108 valence electrons. The lowest BCUT2D eigenvalue weighted by Crippen LogP contribution is -2.30. The standard InChI is InChI=1S/C16H20O4/c1-19-13-6-5-9-3-4-10-7-14(20-2)12(17)8-11(10)15(9)16(13)18/h5-7,10-12,17-18H,3-4,8H2,1-2H3. The third-order valence-electron chi connectivity index (χ3n) is 4.54. The van der Waals surface area contributed by atoms with Crippen LogP contribution in [0.5, 0.6) is 11.5 Å². The number of hydrogen-bond donors (Lipinski definition) is 2. The molecule has 1 aromatic carbocycles. The van der Waals surface area contributed by atoms with Gasteiger partial charge in [-0.3, -0.25) is 0 Å². The maximum Gasteiger partial charge on any atom is 0.161 e.